The predicted octanol–water partition coefficient (Wildman–Crippen LogP) is 2.27. The van der Waals surface area contributed by atoms with Gasteiger partial charge in [-0.3, -0.25) is 10.1 Å². The fourth-order valence-electron chi connectivity index (χ4n) is 2.14. The number of hydrogen-bond donors (Lipinski definition) is 1. The smallest absolute Gasteiger partial charge is 0.276 e. The van der Waals surface area contributed by atoms with Crippen molar-refractivity contribution in [3.05, 3.63) is 22.2 Å². The van der Waals surface area contributed by atoms with Crippen molar-refractivity contribution in [3.8, 4) is 0 Å². The summed E-state index contributed by atoms with van der Waals surface area (Å²) in [6.45, 7) is 4.06. The van der Waals surface area contributed by atoms with Gasteiger partial charge in [-0.2, -0.15) is 0 Å². The largest absolute Gasteiger partial charge is 0.373 e. The number of hydrogen-bond acceptors (Lipinski definition) is 5. The molecule has 1 saturated heterocycles. The first-order valence-corrected chi connectivity index (χ1v) is 6.19. The van der Waals surface area contributed by atoms with Gasteiger partial charge in [-0.1, -0.05) is 6.92 Å². The maximum atomic E-state index is 10.9. The number of aromatic nitrogens is 1. The van der Waals surface area contributed by atoms with Gasteiger partial charge in [0.25, 0.3) is 5.69 Å². The zero-order chi connectivity index (χ0) is 13.1. The van der Waals surface area contributed by atoms with Gasteiger partial charge in [0.05, 0.1) is 17.1 Å². The average molecular weight is 250 g/mol. The van der Waals surface area contributed by atoms with Crippen LogP contribution in [-0.4, -0.2) is 30.0 Å². The van der Waals surface area contributed by atoms with E-state index in [0.29, 0.717) is 11.6 Å². The number of piperidine rings is 1. The molecule has 0 spiro atoms. The molecule has 1 aromatic heterocycles. The van der Waals surface area contributed by atoms with Gasteiger partial charge >= 0.3 is 0 Å². The normalized spacial score (nSPS) is 16.7. The van der Waals surface area contributed by atoms with Crippen LogP contribution < -0.4 is 10.2 Å². The maximum absolute atomic E-state index is 10.9. The SMILES string of the molecule is CNc1cc([N+](=O)[O-])cc(N2CCC(C)CC2)n1. The van der Waals surface area contributed by atoms with Crippen LogP contribution in [0.4, 0.5) is 17.3 Å². The van der Waals surface area contributed by atoms with E-state index in [2.05, 4.69) is 22.1 Å². The first kappa shape index (κ1) is 12.6. The van der Waals surface area contributed by atoms with E-state index in [1.54, 1.807) is 13.1 Å². The Morgan fingerprint density at radius 2 is 2.11 bits per heavy atom. The Labute approximate surface area is 106 Å². The number of nitrogens with zero attached hydrogens (tertiary/aromatic N) is 3. The molecule has 1 aromatic rings. The first-order chi connectivity index (χ1) is 8.60. The van der Waals surface area contributed by atoms with E-state index in [4.69, 9.17) is 0 Å². The summed E-state index contributed by atoms with van der Waals surface area (Å²) in [4.78, 5) is 17.0. The lowest BCUT2D eigenvalue weighted by atomic mass is 9.99. The maximum Gasteiger partial charge on any atom is 0.276 e. The minimum Gasteiger partial charge on any atom is -0.373 e. The Morgan fingerprint density at radius 3 is 2.67 bits per heavy atom. The van der Waals surface area contributed by atoms with Crippen molar-refractivity contribution in [2.45, 2.75) is 19.8 Å². The number of nitro groups is 1. The second-order valence-electron chi connectivity index (χ2n) is 4.75. The van der Waals surface area contributed by atoms with Crippen molar-refractivity contribution in [1.82, 2.24) is 4.98 Å². The molecule has 0 amide bonds. The zero-order valence-electron chi connectivity index (χ0n) is 10.7. The van der Waals surface area contributed by atoms with Crippen LogP contribution in [0, 0.1) is 16.0 Å². The number of nitrogens with one attached hydrogen (secondary N) is 1. The summed E-state index contributed by atoms with van der Waals surface area (Å²) in [5, 5.41) is 13.8. The van der Waals surface area contributed by atoms with Crippen LogP contribution in [0.5, 0.6) is 0 Å². The molecule has 0 aliphatic carbocycles. The van der Waals surface area contributed by atoms with Crippen LogP contribution in [0.15, 0.2) is 12.1 Å². The summed E-state index contributed by atoms with van der Waals surface area (Å²) in [6, 6.07) is 3.01. The van der Waals surface area contributed by atoms with Gasteiger partial charge in [-0.25, -0.2) is 4.98 Å². The molecular formula is C12H18N4O2. The molecule has 6 heteroatoms. The first-order valence-electron chi connectivity index (χ1n) is 6.19. The molecule has 98 valence electrons. The van der Waals surface area contributed by atoms with Crippen LogP contribution >= 0.6 is 0 Å². The van der Waals surface area contributed by atoms with Crippen molar-refractivity contribution >= 4 is 17.3 Å². The molecule has 0 bridgehead atoms. The second-order valence-corrected chi connectivity index (χ2v) is 4.75. The summed E-state index contributed by atoms with van der Waals surface area (Å²) in [5.41, 5.74) is 0.0861. The summed E-state index contributed by atoms with van der Waals surface area (Å²) in [6.07, 6.45) is 2.22. The van der Waals surface area contributed by atoms with Crippen LogP contribution in [0.2, 0.25) is 0 Å². The molecule has 0 unspecified atom stereocenters. The van der Waals surface area contributed by atoms with E-state index in [0.717, 1.165) is 31.8 Å². The van der Waals surface area contributed by atoms with Gasteiger partial charge in [0, 0.05) is 20.1 Å². The van der Waals surface area contributed by atoms with E-state index in [-0.39, 0.29) is 10.6 Å². The van der Waals surface area contributed by atoms with Gasteiger partial charge in [-0.15, -0.1) is 0 Å². The lowest BCUT2D eigenvalue weighted by molar-refractivity contribution is -0.384. The van der Waals surface area contributed by atoms with E-state index in [1.165, 1.54) is 6.07 Å². The van der Waals surface area contributed by atoms with Gasteiger partial charge < -0.3 is 10.2 Å². The Balaban J connectivity index is 2.26. The van der Waals surface area contributed by atoms with E-state index in [1.807, 2.05) is 0 Å². The van der Waals surface area contributed by atoms with Crippen molar-refractivity contribution < 1.29 is 4.92 Å². The summed E-state index contributed by atoms with van der Waals surface area (Å²) >= 11 is 0. The molecule has 0 aromatic carbocycles. The molecule has 1 fully saturated rings. The number of rotatable bonds is 3. The molecule has 1 aliphatic heterocycles. The van der Waals surface area contributed by atoms with Gasteiger partial charge in [0.2, 0.25) is 0 Å². The Bertz CT molecular complexity index is 442. The fourth-order valence-corrected chi connectivity index (χ4v) is 2.14. The number of anilines is 2. The van der Waals surface area contributed by atoms with Crippen LogP contribution in [-0.2, 0) is 0 Å². The Kier molecular flexibility index (Phi) is 3.64. The molecule has 0 atom stereocenters. The van der Waals surface area contributed by atoms with Crippen molar-refractivity contribution in [3.63, 3.8) is 0 Å². The van der Waals surface area contributed by atoms with Gasteiger partial charge in [0.1, 0.15) is 11.6 Å². The average Bonchev–Trinajstić information content (AvgIpc) is 2.39. The fraction of sp³-hybridized carbons (Fsp3) is 0.583. The Morgan fingerprint density at radius 1 is 1.44 bits per heavy atom. The molecular weight excluding hydrogens is 232 g/mol. The van der Waals surface area contributed by atoms with Crippen molar-refractivity contribution in [2.75, 3.05) is 30.4 Å². The minimum absolute atomic E-state index is 0.0861. The lowest BCUT2D eigenvalue weighted by Crippen LogP contribution is -2.33. The summed E-state index contributed by atoms with van der Waals surface area (Å²) in [7, 11) is 1.72. The zero-order valence-corrected chi connectivity index (χ0v) is 10.7. The molecule has 2 heterocycles. The molecule has 0 saturated carbocycles. The van der Waals surface area contributed by atoms with E-state index in [9.17, 15) is 10.1 Å². The van der Waals surface area contributed by atoms with Gasteiger partial charge in [-0.05, 0) is 18.8 Å². The van der Waals surface area contributed by atoms with Crippen LogP contribution in [0.3, 0.4) is 0 Å². The number of pyridine rings is 1. The predicted molar refractivity (Wildman–Crippen MR) is 71.0 cm³/mol. The second kappa shape index (κ2) is 5.20. The highest BCUT2D eigenvalue weighted by Crippen LogP contribution is 2.26. The topological polar surface area (TPSA) is 71.3 Å². The quantitative estimate of drug-likeness (QED) is 0.658. The van der Waals surface area contributed by atoms with Gasteiger partial charge in [0.15, 0.2) is 0 Å². The van der Waals surface area contributed by atoms with Crippen LogP contribution in [0.25, 0.3) is 0 Å². The highest BCUT2D eigenvalue weighted by molar-refractivity contribution is 5.55. The lowest BCUT2D eigenvalue weighted by Gasteiger charge is -2.31. The molecule has 0 radical (unpaired) electrons. The summed E-state index contributed by atoms with van der Waals surface area (Å²) in [5.74, 6) is 1.96. The third kappa shape index (κ3) is 2.69. The highest BCUT2D eigenvalue weighted by Gasteiger charge is 2.20. The Hall–Kier alpha value is -1.85. The highest BCUT2D eigenvalue weighted by atomic mass is 16.6. The molecule has 1 aliphatic rings. The monoisotopic (exact) mass is 250 g/mol. The minimum atomic E-state index is -0.376. The van der Waals surface area contributed by atoms with E-state index >= 15 is 0 Å². The van der Waals surface area contributed by atoms with Crippen molar-refractivity contribution in [1.29, 1.82) is 0 Å². The van der Waals surface area contributed by atoms with E-state index < -0.39 is 0 Å². The molecule has 6 nitrogen and oxygen atoms in total. The molecule has 1 N–H and O–H groups in total. The van der Waals surface area contributed by atoms with Crippen molar-refractivity contribution in [2.24, 2.45) is 5.92 Å². The van der Waals surface area contributed by atoms with Crippen LogP contribution in [0.1, 0.15) is 19.8 Å². The standard InChI is InChI=1S/C12H18N4O2/c1-9-3-5-15(6-4-9)12-8-10(16(17)18)7-11(13-2)14-12/h7-9H,3-6H2,1-2H3,(H,13,14). The summed E-state index contributed by atoms with van der Waals surface area (Å²) < 4.78 is 0. The molecule has 2 rings (SSSR count). The third-order valence-corrected chi connectivity index (χ3v) is 3.37. The third-order valence-electron chi connectivity index (χ3n) is 3.37. The molecule has 18 heavy (non-hydrogen) atoms.